The molecule has 1 aliphatic carbocycles. The van der Waals surface area contributed by atoms with Crippen molar-refractivity contribution in [1.29, 1.82) is 0 Å². The van der Waals surface area contributed by atoms with E-state index in [1.165, 1.54) is 32.1 Å². The fraction of sp³-hybridized carbons (Fsp3) is 0.818. The average Bonchev–Trinajstić information content (AvgIpc) is 2.17. The zero-order chi connectivity index (χ0) is 9.73. The summed E-state index contributed by atoms with van der Waals surface area (Å²) in [6, 6.07) is 0. The van der Waals surface area contributed by atoms with Crippen LogP contribution in [0.5, 0.6) is 0 Å². The second kappa shape index (κ2) is 4.64. The molecule has 1 rings (SSSR count). The lowest BCUT2D eigenvalue weighted by molar-refractivity contribution is -0.293. The summed E-state index contributed by atoms with van der Waals surface area (Å²) in [5.41, 5.74) is -0.711. The number of rotatable bonds is 1. The molecule has 0 aromatic heterocycles. The Bertz CT molecular complexity index is 204. The van der Waals surface area contributed by atoms with E-state index >= 15 is 0 Å². The number of hydrogen-bond acceptors (Lipinski definition) is 2. The van der Waals surface area contributed by atoms with Crippen LogP contribution in [0.1, 0.15) is 46.0 Å². The van der Waals surface area contributed by atoms with E-state index < -0.39 is 5.60 Å². The molecule has 74 valence electrons. The van der Waals surface area contributed by atoms with Crippen LogP contribution in [0.15, 0.2) is 0 Å². The molecule has 0 radical (unpaired) electrons. The Hall–Kier alpha value is -0.520. The third-order valence-corrected chi connectivity index (χ3v) is 2.41. The van der Waals surface area contributed by atoms with E-state index in [1.807, 2.05) is 0 Å². The molecule has 0 spiro atoms. The van der Waals surface area contributed by atoms with Gasteiger partial charge in [-0.05, 0) is 26.7 Å². The first-order chi connectivity index (χ1) is 6.14. The minimum absolute atomic E-state index is 0.517. The van der Waals surface area contributed by atoms with Crippen LogP contribution >= 0.6 is 0 Å². The smallest absolute Gasteiger partial charge is 0.157 e. The zero-order valence-electron chi connectivity index (χ0n) is 8.47. The van der Waals surface area contributed by atoms with Crippen LogP contribution in [0.25, 0.3) is 0 Å². The Kier molecular flexibility index (Phi) is 3.77. The van der Waals surface area contributed by atoms with Crippen LogP contribution in [-0.2, 0) is 4.89 Å². The molecule has 0 atom stereocenters. The molecule has 1 saturated carbocycles. The maximum atomic E-state index is 8.52. The molecule has 0 heterocycles. The van der Waals surface area contributed by atoms with Crippen LogP contribution in [-0.4, -0.2) is 10.9 Å². The van der Waals surface area contributed by atoms with Gasteiger partial charge in [0.25, 0.3) is 0 Å². The van der Waals surface area contributed by atoms with E-state index in [-0.39, 0.29) is 0 Å². The van der Waals surface area contributed by atoms with E-state index in [2.05, 4.69) is 16.7 Å². The van der Waals surface area contributed by atoms with Crippen LogP contribution in [0.2, 0.25) is 0 Å². The van der Waals surface area contributed by atoms with E-state index in [0.29, 0.717) is 5.92 Å². The third kappa shape index (κ3) is 3.80. The van der Waals surface area contributed by atoms with Gasteiger partial charge in [-0.3, -0.25) is 5.26 Å². The summed E-state index contributed by atoms with van der Waals surface area (Å²) < 4.78 is 0. The highest BCUT2D eigenvalue weighted by Gasteiger charge is 2.15. The molecule has 2 nitrogen and oxygen atoms in total. The molecule has 0 saturated heterocycles. The predicted octanol–water partition coefficient (Wildman–Crippen LogP) is 2.84. The van der Waals surface area contributed by atoms with Crippen molar-refractivity contribution in [1.82, 2.24) is 0 Å². The van der Waals surface area contributed by atoms with Crippen molar-refractivity contribution >= 4 is 0 Å². The van der Waals surface area contributed by atoms with Gasteiger partial charge >= 0.3 is 0 Å². The molecule has 1 aliphatic rings. The Balaban J connectivity index is 2.44. The SMILES string of the molecule is CC(C)(C#CC1CCCCC1)OO. The minimum atomic E-state index is -0.711. The molecule has 0 unspecified atom stereocenters. The van der Waals surface area contributed by atoms with E-state index in [1.54, 1.807) is 13.8 Å². The molecule has 0 aromatic carbocycles. The third-order valence-electron chi connectivity index (χ3n) is 2.41. The summed E-state index contributed by atoms with van der Waals surface area (Å²) in [4.78, 5) is 4.26. The minimum Gasteiger partial charge on any atom is -0.250 e. The monoisotopic (exact) mass is 182 g/mol. The first kappa shape index (κ1) is 10.6. The summed E-state index contributed by atoms with van der Waals surface area (Å²) in [5.74, 6) is 6.65. The molecule has 1 fully saturated rings. The molecule has 0 bridgehead atoms. The molecule has 0 aliphatic heterocycles. The van der Waals surface area contributed by atoms with Crippen molar-refractivity contribution in [3.05, 3.63) is 0 Å². The molecule has 2 heteroatoms. The van der Waals surface area contributed by atoms with Gasteiger partial charge in [-0.25, -0.2) is 4.89 Å². The van der Waals surface area contributed by atoms with Gasteiger partial charge in [-0.1, -0.05) is 31.1 Å². The van der Waals surface area contributed by atoms with E-state index in [9.17, 15) is 0 Å². The largest absolute Gasteiger partial charge is 0.250 e. The van der Waals surface area contributed by atoms with Gasteiger partial charge in [-0.2, -0.15) is 0 Å². The second-order valence-electron chi connectivity index (χ2n) is 4.21. The van der Waals surface area contributed by atoms with Gasteiger partial charge in [0.1, 0.15) is 0 Å². The summed E-state index contributed by atoms with van der Waals surface area (Å²) in [7, 11) is 0. The number of hydrogen-bond donors (Lipinski definition) is 1. The Labute approximate surface area is 80.2 Å². The maximum absolute atomic E-state index is 8.52. The standard InChI is InChI=1S/C11H18O2/c1-11(2,13-12)9-8-10-6-4-3-5-7-10/h10,12H,3-7H2,1-2H3. The normalized spacial score (nSPS) is 19.3. The predicted molar refractivity (Wildman–Crippen MR) is 52.1 cm³/mol. The summed E-state index contributed by atoms with van der Waals surface area (Å²) in [5, 5.41) is 8.52. The first-order valence-electron chi connectivity index (χ1n) is 4.99. The van der Waals surface area contributed by atoms with Crippen molar-refractivity contribution in [3.63, 3.8) is 0 Å². The Morgan fingerprint density at radius 1 is 1.23 bits per heavy atom. The van der Waals surface area contributed by atoms with Crippen LogP contribution in [0.3, 0.4) is 0 Å². The lowest BCUT2D eigenvalue weighted by atomic mass is 9.89. The van der Waals surface area contributed by atoms with Crippen molar-refractivity contribution in [2.75, 3.05) is 0 Å². The summed E-state index contributed by atoms with van der Waals surface area (Å²) in [6.45, 7) is 3.53. The van der Waals surface area contributed by atoms with Gasteiger partial charge in [-0.15, -0.1) is 0 Å². The molecule has 0 aromatic rings. The van der Waals surface area contributed by atoms with Crippen LogP contribution in [0.4, 0.5) is 0 Å². The van der Waals surface area contributed by atoms with Gasteiger partial charge in [0.15, 0.2) is 5.60 Å². The highest BCUT2D eigenvalue weighted by atomic mass is 17.1. The molecule has 1 N–H and O–H groups in total. The molecule has 0 amide bonds. The van der Waals surface area contributed by atoms with E-state index in [0.717, 1.165) is 0 Å². The highest BCUT2D eigenvalue weighted by molar-refractivity contribution is 5.13. The lowest BCUT2D eigenvalue weighted by Gasteiger charge is -2.17. The second-order valence-corrected chi connectivity index (χ2v) is 4.21. The summed E-state index contributed by atoms with van der Waals surface area (Å²) in [6.07, 6.45) is 6.33. The van der Waals surface area contributed by atoms with Crippen molar-refractivity contribution < 1.29 is 10.1 Å². The van der Waals surface area contributed by atoms with Gasteiger partial charge < -0.3 is 0 Å². The highest BCUT2D eigenvalue weighted by Crippen LogP contribution is 2.23. The van der Waals surface area contributed by atoms with Gasteiger partial charge in [0, 0.05) is 5.92 Å². The lowest BCUT2D eigenvalue weighted by Crippen LogP contribution is -2.20. The van der Waals surface area contributed by atoms with E-state index in [4.69, 9.17) is 5.26 Å². The Morgan fingerprint density at radius 2 is 1.85 bits per heavy atom. The quantitative estimate of drug-likeness (QED) is 0.384. The Morgan fingerprint density at radius 3 is 2.38 bits per heavy atom. The summed E-state index contributed by atoms with van der Waals surface area (Å²) >= 11 is 0. The van der Waals surface area contributed by atoms with Crippen LogP contribution < -0.4 is 0 Å². The van der Waals surface area contributed by atoms with Crippen LogP contribution in [0, 0.1) is 17.8 Å². The maximum Gasteiger partial charge on any atom is 0.157 e. The molecular formula is C11H18O2. The van der Waals surface area contributed by atoms with Gasteiger partial charge in [0.05, 0.1) is 0 Å². The van der Waals surface area contributed by atoms with Gasteiger partial charge in [0.2, 0.25) is 0 Å². The fourth-order valence-electron chi connectivity index (χ4n) is 1.55. The van der Waals surface area contributed by atoms with Crippen molar-refractivity contribution in [2.24, 2.45) is 5.92 Å². The fourth-order valence-corrected chi connectivity index (χ4v) is 1.55. The van der Waals surface area contributed by atoms with Crippen molar-refractivity contribution in [2.45, 2.75) is 51.6 Å². The first-order valence-corrected chi connectivity index (χ1v) is 4.99. The molecular weight excluding hydrogens is 164 g/mol. The zero-order valence-corrected chi connectivity index (χ0v) is 8.47. The van der Waals surface area contributed by atoms with Crippen molar-refractivity contribution in [3.8, 4) is 11.8 Å². The molecule has 13 heavy (non-hydrogen) atoms. The average molecular weight is 182 g/mol. The topological polar surface area (TPSA) is 29.5 Å².